The minimum absolute atomic E-state index is 0.170. The lowest BCUT2D eigenvalue weighted by Crippen LogP contribution is -2.49. The van der Waals surface area contributed by atoms with Gasteiger partial charge in [-0.1, -0.05) is 26.0 Å². The molecule has 5 rings (SSSR count). The number of imidazole rings is 1. The lowest BCUT2D eigenvalue weighted by atomic mass is 9.94. The zero-order valence-corrected chi connectivity index (χ0v) is 19.6. The van der Waals surface area contributed by atoms with E-state index in [1.807, 2.05) is 19.4 Å². The molecule has 0 aliphatic carbocycles. The third kappa shape index (κ3) is 3.96. The number of likely N-dealkylation sites (tertiary alicyclic amines) is 1. The molecule has 1 aromatic carbocycles. The number of piperidine rings is 1. The summed E-state index contributed by atoms with van der Waals surface area (Å²) >= 11 is 0. The number of hydrogen-bond acceptors (Lipinski definition) is 3. The van der Waals surface area contributed by atoms with Gasteiger partial charge in [0, 0.05) is 55.7 Å². The first-order chi connectivity index (χ1) is 15.5. The smallest absolute Gasteiger partial charge is 0.240 e. The van der Waals surface area contributed by atoms with Crippen LogP contribution >= 0.6 is 0 Å². The van der Waals surface area contributed by atoms with E-state index >= 15 is 0 Å². The molecule has 1 saturated heterocycles. The molecule has 0 radical (unpaired) electrons. The van der Waals surface area contributed by atoms with Crippen LogP contribution in [0.15, 0.2) is 36.8 Å². The summed E-state index contributed by atoms with van der Waals surface area (Å²) in [5.74, 6) is 1.86. The van der Waals surface area contributed by atoms with Gasteiger partial charge in [-0.05, 0) is 55.2 Å². The predicted molar refractivity (Wildman–Crippen MR) is 128 cm³/mol. The zero-order valence-electron chi connectivity index (χ0n) is 19.6. The number of carbonyl (C=O) groups is 1. The van der Waals surface area contributed by atoms with Gasteiger partial charge in [0.05, 0.1) is 12.6 Å². The summed E-state index contributed by atoms with van der Waals surface area (Å²) in [6, 6.07) is 6.65. The molecule has 0 unspecified atom stereocenters. The Hall–Kier alpha value is -2.60. The standard InChI is InChI=1S/C26H35N5O/c1-18(2)14-21-20-8-7-9-23-25(20)19(16-31(23)17-24-27-10-13-29(24)3)15-22(28-21)26(32)30-11-5-4-6-12-30/h7-10,13,16,18,21-22,28H,4-6,11-12,14-15,17H2,1-3H3/t21-,22-/m0/s1. The van der Waals surface area contributed by atoms with Crippen molar-refractivity contribution in [3.8, 4) is 0 Å². The summed E-state index contributed by atoms with van der Waals surface area (Å²) in [6.45, 7) is 7.06. The molecule has 1 amide bonds. The van der Waals surface area contributed by atoms with E-state index < -0.39 is 0 Å². The van der Waals surface area contributed by atoms with Gasteiger partial charge in [0.15, 0.2) is 0 Å². The molecule has 2 aliphatic rings. The molecule has 2 aromatic heterocycles. The highest BCUT2D eigenvalue weighted by atomic mass is 16.2. The highest BCUT2D eigenvalue weighted by Crippen LogP contribution is 2.36. The highest BCUT2D eigenvalue weighted by molar-refractivity contribution is 5.90. The molecule has 0 saturated carbocycles. The third-order valence-electron chi connectivity index (χ3n) is 7.12. The maximum absolute atomic E-state index is 13.6. The molecule has 3 aromatic rings. The van der Waals surface area contributed by atoms with Crippen molar-refractivity contribution in [2.75, 3.05) is 13.1 Å². The van der Waals surface area contributed by atoms with Crippen molar-refractivity contribution in [1.29, 1.82) is 0 Å². The van der Waals surface area contributed by atoms with Gasteiger partial charge in [0.1, 0.15) is 5.82 Å². The Morgan fingerprint density at radius 2 is 2.03 bits per heavy atom. The first-order valence-electron chi connectivity index (χ1n) is 12.1. The predicted octanol–water partition coefficient (Wildman–Crippen LogP) is 4.04. The van der Waals surface area contributed by atoms with Gasteiger partial charge in [-0.2, -0.15) is 0 Å². The van der Waals surface area contributed by atoms with Crippen molar-refractivity contribution >= 4 is 16.8 Å². The monoisotopic (exact) mass is 433 g/mol. The van der Waals surface area contributed by atoms with Crippen LogP contribution in [0.1, 0.15) is 62.5 Å². The quantitative estimate of drug-likeness (QED) is 0.661. The Morgan fingerprint density at radius 3 is 2.75 bits per heavy atom. The van der Waals surface area contributed by atoms with Gasteiger partial charge in [-0.3, -0.25) is 10.1 Å². The Balaban J connectivity index is 1.55. The zero-order chi connectivity index (χ0) is 22.2. The molecule has 0 bridgehead atoms. The molecule has 2 atom stereocenters. The van der Waals surface area contributed by atoms with E-state index in [1.54, 1.807) is 0 Å². The van der Waals surface area contributed by atoms with Crippen LogP contribution in [-0.4, -0.2) is 44.1 Å². The molecule has 32 heavy (non-hydrogen) atoms. The number of nitrogens with one attached hydrogen (secondary N) is 1. The van der Waals surface area contributed by atoms with E-state index in [2.05, 4.69) is 62.6 Å². The molecule has 0 spiro atoms. The minimum atomic E-state index is -0.170. The molecular formula is C26H35N5O. The number of benzene rings is 1. The Bertz CT molecular complexity index is 1100. The summed E-state index contributed by atoms with van der Waals surface area (Å²) in [4.78, 5) is 20.2. The van der Waals surface area contributed by atoms with Crippen molar-refractivity contribution in [2.45, 2.75) is 64.6 Å². The molecule has 2 aliphatic heterocycles. The van der Waals surface area contributed by atoms with Gasteiger partial charge in [-0.25, -0.2) is 4.98 Å². The fraction of sp³-hybridized carbons (Fsp3) is 0.538. The molecule has 170 valence electrons. The normalized spacial score (nSPS) is 21.3. The summed E-state index contributed by atoms with van der Waals surface area (Å²) < 4.78 is 4.39. The van der Waals surface area contributed by atoms with Crippen molar-refractivity contribution < 1.29 is 4.79 Å². The maximum Gasteiger partial charge on any atom is 0.240 e. The Morgan fingerprint density at radius 1 is 1.22 bits per heavy atom. The number of rotatable bonds is 5. The molecule has 6 heteroatoms. The first-order valence-corrected chi connectivity index (χ1v) is 12.1. The van der Waals surface area contributed by atoms with Crippen LogP contribution in [0.2, 0.25) is 0 Å². The number of carbonyl (C=O) groups excluding carboxylic acids is 1. The SMILES string of the molecule is CC(C)C[C@@H]1N[C@H](C(=O)N2CCCCC2)Cc2cn(Cc3nccn3C)c3cccc1c23. The molecule has 4 heterocycles. The van der Waals surface area contributed by atoms with Crippen LogP contribution < -0.4 is 5.32 Å². The van der Waals surface area contributed by atoms with Gasteiger partial charge < -0.3 is 14.0 Å². The second-order valence-corrected chi connectivity index (χ2v) is 9.97. The van der Waals surface area contributed by atoms with Crippen LogP contribution in [0.5, 0.6) is 0 Å². The number of amides is 1. The molecule has 1 fully saturated rings. The summed E-state index contributed by atoms with van der Waals surface area (Å²) in [5.41, 5.74) is 3.85. The van der Waals surface area contributed by atoms with Gasteiger partial charge in [0.2, 0.25) is 5.91 Å². The van der Waals surface area contributed by atoms with E-state index in [1.165, 1.54) is 28.5 Å². The van der Waals surface area contributed by atoms with E-state index in [9.17, 15) is 4.79 Å². The van der Waals surface area contributed by atoms with Gasteiger partial charge >= 0.3 is 0 Å². The topological polar surface area (TPSA) is 55.1 Å². The minimum Gasteiger partial charge on any atom is -0.341 e. The van der Waals surface area contributed by atoms with Crippen molar-refractivity contribution in [2.24, 2.45) is 13.0 Å². The fourth-order valence-electron chi connectivity index (χ4n) is 5.52. The summed E-state index contributed by atoms with van der Waals surface area (Å²) in [7, 11) is 2.04. The van der Waals surface area contributed by atoms with E-state index in [4.69, 9.17) is 0 Å². The van der Waals surface area contributed by atoms with Crippen molar-refractivity contribution in [3.05, 3.63) is 53.7 Å². The second-order valence-electron chi connectivity index (χ2n) is 9.97. The third-order valence-corrected chi connectivity index (χ3v) is 7.12. The molecular weight excluding hydrogens is 398 g/mol. The van der Waals surface area contributed by atoms with Gasteiger partial charge in [-0.15, -0.1) is 0 Å². The maximum atomic E-state index is 13.6. The van der Waals surface area contributed by atoms with Crippen LogP contribution in [0.4, 0.5) is 0 Å². The Labute approximate surface area is 190 Å². The summed E-state index contributed by atoms with van der Waals surface area (Å²) in [5, 5.41) is 5.12. The fourth-order valence-corrected chi connectivity index (χ4v) is 5.52. The van der Waals surface area contributed by atoms with Crippen molar-refractivity contribution in [1.82, 2.24) is 24.3 Å². The first kappa shape index (κ1) is 21.3. The number of aromatic nitrogens is 3. The van der Waals surface area contributed by atoms with Crippen LogP contribution in [-0.2, 0) is 24.8 Å². The lowest BCUT2D eigenvalue weighted by molar-refractivity contribution is -0.134. The number of nitrogens with zero attached hydrogens (tertiary/aromatic N) is 4. The lowest BCUT2D eigenvalue weighted by Gasteiger charge is -2.32. The molecule has 6 nitrogen and oxygen atoms in total. The van der Waals surface area contributed by atoms with E-state index in [0.29, 0.717) is 5.92 Å². The van der Waals surface area contributed by atoms with Crippen LogP contribution in [0, 0.1) is 5.92 Å². The van der Waals surface area contributed by atoms with E-state index in [-0.39, 0.29) is 18.0 Å². The van der Waals surface area contributed by atoms with E-state index in [0.717, 1.165) is 51.1 Å². The number of aryl methyl sites for hydroxylation is 1. The average molecular weight is 434 g/mol. The van der Waals surface area contributed by atoms with Crippen LogP contribution in [0.3, 0.4) is 0 Å². The largest absolute Gasteiger partial charge is 0.341 e. The summed E-state index contributed by atoms with van der Waals surface area (Å²) in [6.07, 6.45) is 11.4. The second kappa shape index (κ2) is 8.74. The van der Waals surface area contributed by atoms with Crippen LogP contribution in [0.25, 0.3) is 10.9 Å². The van der Waals surface area contributed by atoms with Gasteiger partial charge in [0.25, 0.3) is 0 Å². The average Bonchev–Trinajstić information content (AvgIpc) is 3.31. The number of hydrogen-bond donors (Lipinski definition) is 1. The van der Waals surface area contributed by atoms with Crippen molar-refractivity contribution in [3.63, 3.8) is 0 Å². The highest BCUT2D eigenvalue weighted by Gasteiger charge is 2.33. The molecule has 1 N–H and O–H groups in total. The Kier molecular flexibility index (Phi) is 5.80.